The number of aliphatic hydroxyl groups excluding tert-OH is 1. The minimum atomic E-state index is -0.150. The molecule has 88 valence electrons. The van der Waals surface area contributed by atoms with Crippen molar-refractivity contribution in [2.24, 2.45) is 4.99 Å². The van der Waals surface area contributed by atoms with Gasteiger partial charge in [0.1, 0.15) is 0 Å². The van der Waals surface area contributed by atoms with Crippen LogP contribution in [-0.4, -0.2) is 29.6 Å². The van der Waals surface area contributed by atoms with Crippen molar-refractivity contribution < 1.29 is 5.11 Å². The minimum absolute atomic E-state index is 0.150. The van der Waals surface area contributed by atoms with Crippen LogP contribution in [0.4, 0.5) is 0 Å². The van der Waals surface area contributed by atoms with E-state index in [0.29, 0.717) is 0 Å². The second kappa shape index (κ2) is 6.11. The number of hydrogen-bond donors (Lipinski definition) is 2. The molecule has 0 unspecified atom stereocenters. The Labute approximate surface area is 93.0 Å². The monoisotopic (exact) mass is 212 g/mol. The molecule has 0 saturated carbocycles. The molecule has 1 rings (SSSR count). The molecule has 1 aliphatic rings. The van der Waals surface area contributed by atoms with E-state index in [0.717, 1.165) is 31.6 Å². The third-order valence-electron chi connectivity index (χ3n) is 3.44. The van der Waals surface area contributed by atoms with Gasteiger partial charge in [-0.3, -0.25) is 4.99 Å². The Morgan fingerprint density at radius 1 is 1.27 bits per heavy atom. The van der Waals surface area contributed by atoms with Crippen LogP contribution in [0.15, 0.2) is 4.99 Å². The van der Waals surface area contributed by atoms with Crippen molar-refractivity contribution in [3.05, 3.63) is 0 Å². The van der Waals surface area contributed by atoms with Crippen LogP contribution >= 0.6 is 0 Å². The average molecular weight is 212 g/mol. The van der Waals surface area contributed by atoms with Gasteiger partial charge in [-0.15, -0.1) is 0 Å². The fourth-order valence-electron chi connectivity index (χ4n) is 1.97. The predicted molar refractivity (Wildman–Crippen MR) is 64.3 cm³/mol. The maximum absolute atomic E-state index is 9.46. The predicted octanol–water partition coefficient (Wildman–Crippen LogP) is 2.10. The van der Waals surface area contributed by atoms with Crippen LogP contribution in [-0.2, 0) is 0 Å². The number of nitrogens with one attached hydrogen (secondary N) is 1. The van der Waals surface area contributed by atoms with Gasteiger partial charge in [-0.2, -0.15) is 0 Å². The van der Waals surface area contributed by atoms with Gasteiger partial charge in [-0.25, -0.2) is 0 Å². The van der Waals surface area contributed by atoms with E-state index in [9.17, 15) is 5.11 Å². The van der Waals surface area contributed by atoms with E-state index in [2.05, 4.69) is 24.2 Å². The van der Waals surface area contributed by atoms with Gasteiger partial charge in [0.05, 0.1) is 18.0 Å². The molecule has 0 spiro atoms. The van der Waals surface area contributed by atoms with Crippen LogP contribution in [0.5, 0.6) is 0 Å². The van der Waals surface area contributed by atoms with Crippen molar-refractivity contribution in [1.82, 2.24) is 5.32 Å². The lowest BCUT2D eigenvalue weighted by atomic mass is 9.93. The molecule has 0 radical (unpaired) electrons. The molecule has 0 bridgehead atoms. The molecule has 0 aromatic heterocycles. The summed E-state index contributed by atoms with van der Waals surface area (Å²) in [7, 11) is 0. The summed E-state index contributed by atoms with van der Waals surface area (Å²) in [6, 6.07) is 0. The molecule has 1 aliphatic heterocycles. The molecule has 1 heterocycles. The SMILES string of the molecule is CCC(CC)(CO)NC1=NCCCCC1. The Bertz CT molecular complexity index is 201. The molecule has 3 nitrogen and oxygen atoms in total. The van der Waals surface area contributed by atoms with Gasteiger partial charge in [0.2, 0.25) is 0 Å². The zero-order chi connectivity index (χ0) is 11.1. The lowest BCUT2D eigenvalue weighted by Gasteiger charge is -2.32. The third-order valence-corrected chi connectivity index (χ3v) is 3.44. The molecule has 0 atom stereocenters. The molecule has 0 amide bonds. The molecular formula is C12H24N2O. The van der Waals surface area contributed by atoms with Gasteiger partial charge in [-0.05, 0) is 25.7 Å². The Hall–Kier alpha value is -0.570. The summed E-state index contributed by atoms with van der Waals surface area (Å²) in [6.07, 6.45) is 6.63. The Balaban J connectivity index is 2.59. The van der Waals surface area contributed by atoms with Crippen LogP contribution < -0.4 is 5.32 Å². The highest BCUT2D eigenvalue weighted by Crippen LogP contribution is 2.16. The molecule has 15 heavy (non-hydrogen) atoms. The first-order valence-corrected chi connectivity index (χ1v) is 6.18. The first kappa shape index (κ1) is 12.5. The highest BCUT2D eigenvalue weighted by Gasteiger charge is 2.26. The zero-order valence-corrected chi connectivity index (χ0v) is 10.1. The van der Waals surface area contributed by atoms with Gasteiger partial charge in [0.15, 0.2) is 0 Å². The van der Waals surface area contributed by atoms with Crippen LogP contribution in [0.25, 0.3) is 0 Å². The largest absolute Gasteiger partial charge is 0.394 e. The van der Waals surface area contributed by atoms with Crippen LogP contribution in [0.2, 0.25) is 0 Å². The quantitative estimate of drug-likeness (QED) is 0.749. The second-order valence-corrected chi connectivity index (χ2v) is 4.41. The first-order chi connectivity index (χ1) is 7.26. The van der Waals surface area contributed by atoms with Crippen LogP contribution in [0, 0.1) is 0 Å². The number of aliphatic imine (C=N–C) groups is 1. The summed E-state index contributed by atoms with van der Waals surface area (Å²) in [5, 5.41) is 12.9. The highest BCUT2D eigenvalue weighted by atomic mass is 16.3. The van der Waals surface area contributed by atoms with Crippen molar-refractivity contribution in [2.45, 2.75) is 57.9 Å². The van der Waals surface area contributed by atoms with Crippen LogP contribution in [0.1, 0.15) is 52.4 Å². The van der Waals surface area contributed by atoms with Crippen molar-refractivity contribution in [1.29, 1.82) is 0 Å². The molecule has 0 aliphatic carbocycles. The van der Waals surface area contributed by atoms with Crippen molar-refractivity contribution in [3.8, 4) is 0 Å². The van der Waals surface area contributed by atoms with E-state index in [1.54, 1.807) is 0 Å². The molecule has 0 aromatic carbocycles. The summed E-state index contributed by atoms with van der Waals surface area (Å²) >= 11 is 0. The van der Waals surface area contributed by atoms with Gasteiger partial charge in [-0.1, -0.05) is 20.3 Å². The second-order valence-electron chi connectivity index (χ2n) is 4.41. The fourth-order valence-corrected chi connectivity index (χ4v) is 1.97. The number of nitrogens with zero attached hydrogens (tertiary/aromatic N) is 1. The number of rotatable bonds is 4. The smallest absolute Gasteiger partial charge is 0.0968 e. The van der Waals surface area contributed by atoms with Crippen LogP contribution in [0.3, 0.4) is 0 Å². The lowest BCUT2D eigenvalue weighted by molar-refractivity contribution is 0.169. The normalized spacial score (nSPS) is 18.2. The average Bonchev–Trinajstić information content (AvgIpc) is 2.54. The maximum atomic E-state index is 9.46. The van der Waals surface area contributed by atoms with Gasteiger partial charge < -0.3 is 10.4 Å². The standard InChI is InChI=1S/C12H24N2O/c1-3-12(4-2,10-15)14-11-8-6-5-7-9-13-11/h15H,3-10H2,1-2H3,(H,13,14). The Morgan fingerprint density at radius 3 is 2.60 bits per heavy atom. The number of aliphatic hydroxyl groups is 1. The molecule has 3 heteroatoms. The minimum Gasteiger partial charge on any atom is -0.394 e. The molecule has 0 fully saturated rings. The van der Waals surface area contributed by atoms with E-state index in [-0.39, 0.29) is 12.1 Å². The number of hydrogen-bond acceptors (Lipinski definition) is 3. The van der Waals surface area contributed by atoms with Gasteiger partial charge in [0.25, 0.3) is 0 Å². The van der Waals surface area contributed by atoms with Crippen molar-refractivity contribution in [3.63, 3.8) is 0 Å². The Kier molecular flexibility index (Phi) is 5.09. The lowest BCUT2D eigenvalue weighted by Crippen LogP contribution is -2.50. The fraction of sp³-hybridized carbons (Fsp3) is 0.917. The summed E-state index contributed by atoms with van der Waals surface area (Å²) in [6.45, 7) is 5.37. The summed E-state index contributed by atoms with van der Waals surface area (Å²) in [4.78, 5) is 4.55. The van der Waals surface area contributed by atoms with Gasteiger partial charge >= 0.3 is 0 Å². The molecular weight excluding hydrogens is 188 g/mol. The topological polar surface area (TPSA) is 44.6 Å². The third kappa shape index (κ3) is 3.49. The maximum Gasteiger partial charge on any atom is 0.0968 e. The zero-order valence-electron chi connectivity index (χ0n) is 10.1. The molecule has 2 N–H and O–H groups in total. The van der Waals surface area contributed by atoms with E-state index >= 15 is 0 Å². The van der Waals surface area contributed by atoms with Crippen molar-refractivity contribution >= 4 is 5.84 Å². The van der Waals surface area contributed by atoms with Gasteiger partial charge in [0, 0.05) is 13.0 Å². The molecule has 0 aromatic rings. The highest BCUT2D eigenvalue weighted by molar-refractivity contribution is 5.83. The van der Waals surface area contributed by atoms with E-state index in [1.165, 1.54) is 19.3 Å². The Morgan fingerprint density at radius 2 is 2.00 bits per heavy atom. The molecule has 0 saturated heterocycles. The summed E-state index contributed by atoms with van der Waals surface area (Å²) < 4.78 is 0. The van der Waals surface area contributed by atoms with E-state index in [1.807, 2.05) is 0 Å². The van der Waals surface area contributed by atoms with E-state index < -0.39 is 0 Å². The first-order valence-electron chi connectivity index (χ1n) is 6.18. The summed E-state index contributed by atoms with van der Waals surface area (Å²) in [5.74, 6) is 1.10. The van der Waals surface area contributed by atoms with E-state index in [4.69, 9.17) is 0 Å². The number of amidine groups is 1. The van der Waals surface area contributed by atoms with Crippen molar-refractivity contribution in [2.75, 3.05) is 13.2 Å². The summed E-state index contributed by atoms with van der Waals surface area (Å²) in [5.41, 5.74) is -0.150.